The highest BCUT2D eigenvalue weighted by molar-refractivity contribution is 6.34. The number of carbonyl (C=O) groups is 1. The van der Waals surface area contributed by atoms with Gasteiger partial charge >= 0.3 is 0 Å². The van der Waals surface area contributed by atoms with Gasteiger partial charge in [0.1, 0.15) is 0 Å². The molecule has 30 heavy (non-hydrogen) atoms. The van der Waals surface area contributed by atoms with E-state index in [1.165, 1.54) is 23.8 Å². The van der Waals surface area contributed by atoms with E-state index in [9.17, 15) is 14.9 Å². The van der Waals surface area contributed by atoms with Gasteiger partial charge in [-0.3, -0.25) is 14.9 Å². The van der Waals surface area contributed by atoms with Gasteiger partial charge in [-0.25, -0.2) is 0 Å². The van der Waals surface area contributed by atoms with Crippen molar-refractivity contribution >= 4 is 23.2 Å². The monoisotopic (exact) mass is 423 g/mol. The molecular formula is C23H22ClN3O3. The van der Waals surface area contributed by atoms with Gasteiger partial charge in [-0.15, -0.1) is 0 Å². The molecule has 0 unspecified atom stereocenters. The molecule has 1 N–H and O–H groups in total. The lowest BCUT2D eigenvalue weighted by Gasteiger charge is -2.13. The highest BCUT2D eigenvalue weighted by Crippen LogP contribution is 2.25. The molecule has 6 nitrogen and oxygen atoms in total. The van der Waals surface area contributed by atoms with Crippen molar-refractivity contribution in [2.45, 2.75) is 13.1 Å². The number of hydrogen-bond donors (Lipinski definition) is 1. The van der Waals surface area contributed by atoms with Crippen LogP contribution in [0.3, 0.4) is 0 Å². The van der Waals surface area contributed by atoms with E-state index in [1.54, 1.807) is 0 Å². The molecule has 0 aliphatic rings. The number of benzene rings is 3. The quantitative estimate of drug-likeness (QED) is 0.433. The van der Waals surface area contributed by atoms with Crippen LogP contribution in [0, 0.1) is 10.1 Å². The fourth-order valence-corrected chi connectivity index (χ4v) is 3.44. The summed E-state index contributed by atoms with van der Waals surface area (Å²) in [5, 5.41) is 13.7. The predicted octanol–water partition coefficient (Wildman–Crippen LogP) is 4.91. The van der Waals surface area contributed by atoms with Crippen molar-refractivity contribution in [1.29, 1.82) is 0 Å². The Morgan fingerprint density at radius 3 is 2.40 bits per heavy atom. The summed E-state index contributed by atoms with van der Waals surface area (Å²) in [6, 6.07) is 20.0. The molecule has 0 bridgehead atoms. The lowest BCUT2D eigenvalue weighted by molar-refractivity contribution is -0.384. The number of nitrogens with zero attached hydrogens (tertiary/aromatic N) is 2. The van der Waals surface area contributed by atoms with Crippen LogP contribution in [-0.2, 0) is 13.1 Å². The normalized spacial score (nSPS) is 10.8. The smallest absolute Gasteiger partial charge is 0.270 e. The Morgan fingerprint density at radius 1 is 1.07 bits per heavy atom. The Bertz CT molecular complexity index is 1070. The van der Waals surface area contributed by atoms with E-state index in [4.69, 9.17) is 11.6 Å². The van der Waals surface area contributed by atoms with Crippen LogP contribution in [0.1, 0.15) is 21.5 Å². The first kappa shape index (κ1) is 21.5. The second-order valence-electron chi connectivity index (χ2n) is 7.20. The van der Waals surface area contributed by atoms with E-state index in [1.807, 2.05) is 38.4 Å². The maximum atomic E-state index is 12.5. The first-order chi connectivity index (χ1) is 14.3. The molecule has 0 saturated heterocycles. The highest BCUT2D eigenvalue weighted by atomic mass is 35.5. The zero-order valence-electron chi connectivity index (χ0n) is 16.8. The van der Waals surface area contributed by atoms with Crippen LogP contribution in [0.4, 0.5) is 5.69 Å². The highest BCUT2D eigenvalue weighted by Gasteiger charge is 2.15. The molecular weight excluding hydrogens is 402 g/mol. The lowest BCUT2D eigenvalue weighted by Crippen LogP contribution is -2.23. The van der Waals surface area contributed by atoms with Crippen molar-refractivity contribution in [3.63, 3.8) is 0 Å². The van der Waals surface area contributed by atoms with Crippen LogP contribution in [0.15, 0.2) is 66.7 Å². The molecule has 154 valence electrons. The number of nitro groups is 1. The molecule has 0 fully saturated rings. The lowest BCUT2D eigenvalue weighted by atomic mass is 9.98. The van der Waals surface area contributed by atoms with E-state index >= 15 is 0 Å². The first-order valence-electron chi connectivity index (χ1n) is 9.39. The van der Waals surface area contributed by atoms with Gasteiger partial charge in [-0.2, -0.15) is 0 Å². The Labute approximate surface area is 180 Å². The van der Waals surface area contributed by atoms with Crippen molar-refractivity contribution in [3.05, 3.63) is 98.6 Å². The molecule has 0 heterocycles. The number of hydrogen-bond acceptors (Lipinski definition) is 4. The van der Waals surface area contributed by atoms with E-state index in [-0.39, 0.29) is 22.2 Å². The topological polar surface area (TPSA) is 75.5 Å². The third-order valence-corrected chi connectivity index (χ3v) is 4.94. The third-order valence-electron chi connectivity index (χ3n) is 4.63. The Morgan fingerprint density at radius 2 is 1.77 bits per heavy atom. The van der Waals surface area contributed by atoms with Crippen LogP contribution >= 0.6 is 11.6 Å². The van der Waals surface area contributed by atoms with Crippen molar-refractivity contribution < 1.29 is 9.72 Å². The van der Waals surface area contributed by atoms with Gasteiger partial charge in [-0.1, -0.05) is 60.1 Å². The van der Waals surface area contributed by atoms with Crippen molar-refractivity contribution in [2.75, 3.05) is 14.1 Å². The fraction of sp³-hybridized carbons (Fsp3) is 0.174. The molecule has 3 rings (SSSR count). The van der Waals surface area contributed by atoms with Gasteiger partial charge in [0.15, 0.2) is 0 Å². The summed E-state index contributed by atoms with van der Waals surface area (Å²) in [5.74, 6) is -0.383. The van der Waals surface area contributed by atoms with Crippen LogP contribution in [0.25, 0.3) is 11.1 Å². The minimum Gasteiger partial charge on any atom is -0.348 e. The molecule has 7 heteroatoms. The summed E-state index contributed by atoms with van der Waals surface area (Å²) < 4.78 is 0. The van der Waals surface area contributed by atoms with Crippen LogP contribution in [0.2, 0.25) is 5.02 Å². The summed E-state index contributed by atoms with van der Waals surface area (Å²) in [6.45, 7) is 1.18. The van der Waals surface area contributed by atoms with Crippen molar-refractivity contribution in [2.24, 2.45) is 0 Å². The van der Waals surface area contributed by atoms with E-state index < -0.39 is 4.92 Å². The summed E-state index contributed by atoms with van der Waals surface area (Å²) in [6.07, 6.45) is 0. The molecule has 0 spiro atoms. The molecule has 0 aliphatic heterocycles. The number of rotatable bonds is 7. The zero-order chi connectivity index (χ0) is 21.7. The number of nitrogens with one attached hydrogen (secondary N) is 1. The van der Waals surface area contributed by atoms with Crippen LogP contribution < -0.4 is 5.32 Å². The number of nitro benzene ring substituents is 1. The van der Waals surface area contributed by atoms with Crippen molar-refractivity contribution in [1.82, 2.24) is 10.2 Å². The standard InChI is InChI=1S/C23H22ClN3O3/c1-26(2)15-16-7-9-17(10-8-16)20-6-4-3-5-18(20)14-25-23(28)21-12-11-19(27(29)30)13-22(21)24/h3-13H,14-15H2,1-2H3,(H,25,28). The van der Waals surface area contributed by atoms with Gasteiger partial charge in [0.2, 0.25) is 0 Å². The average Bonchev–Trinajstić information content (AvgIpc) is 2.72. The van der Waals surface area contributed by atoms with E-state index in [0.717, 1.165) is 23.2 Å². The SMILES string of the molecule is CN(C)Cc1ccc(-c2ccccc2CNC(=O)c2ccc([N+](=O)[O-])cc2Cl)cc1. The Balaban J connectivity index is 1.75. The molecule has 1 amide bonds. The zero-order valence-corrected chi connectivity index (χ0v) is 17.5. The number of amides is 1. The second kappa shape index (κ2) is 9.52. The van der Waals surface area contributed by atoms with Gasteiger partial charge < -0.3 is 10.2 Å². The van der Waals surface area contributed by atoms with Gasteiger partial charge in [0.05, 0.1) is 15.5 Å². The molecule has 3 aromatic carbocycles. The molecule has 3 aromatic rings. The Hall–Kier alpha value is -3.22. The van der Waals surface area contributed by atoms with E-state index in [2.05, 4.69) is 34.5 Å². The second-order valence-corrected chi connectivity index (χ2v) is 7.60. The third kappa shape index (κ3) is 5.23. The molecule has 0 aliphatic carbocycles. The Kier molecular flexibility index (Phi) is 6.82. The summed E-state index contributed by atoms with van der Waals surface area (Å²) in [7, 11) is 4.06. The molecule has 0 saturated carbocycles. The molecule has 0 radical (unpaired) electrons. The number of halogens is 1. The predicted molar refractivity (Wildman–Crippen MR) is 119 cm³/mol. The minimum atomic E-state index is -0.548. The van der Waals surface area contributed by atoms with E-state index in [0.29, 0.717) is 6.54 Å². The van der Waals surface area contributed by atoms with Crippen molar-refractivity contribution in [3.8, 4) is 11.1 Å². The number of carbonyl (C=O) groups excluding carboxylic acids is 1. The molecule has 0 atom stereocenters. The largest absolute Gasteiger partial charge is 0.348 e. The summed E-state index contributed by atoms with van der Waals surface area (Å²) in [5.41, 5.74) is 4.33. The molecule has 0 aromatic heterocycles. The van der Waals surface area contributed by atoms with Crippen LogP contribution in [0.5, 0.6) is 0 Å². The first-order valence-corrected chi connectivity index (χ1v) is 9.77. The summed E-state index contributed by atoms with van der Waals surface area (Å²) >= 11 is 6.06. The minimum absolute atomic E-state index is 0.0477. The fourth-order valence-electron chi connectivity index (χ4n) is 3.18. The summed E-state index contributed by atoms with van der Waals surface area (Å²) in [4.78, 5) is 24.9. The van der Waals surface area contributed by atoms with Gasteiger partial charge in [0.25, 0.3) is 11.6 Å². The maximum Gasteiger partial charge on any atom is 0.270 e. The van der Waals surface area contributed by atoms with Gasteiger partial charge in [0, 0.05) is 25.2 Å². The number of non-ortho nitro benzene ring substituents is 1. The van der Waals surface area contributed by atoms with Gasteiger partial charge in [-0.05, 0) is 42.4 Å². The average molecular weight is 424 g/mol. The maximum absolute atomic E-state index is 12.5. The van der Waals surface area contributed by atoms with Crippen LogP contribution in [-0.4, -0.2) is 29.8 Å².